The van der Waals surface area contributed by atoms with E-state index in [0.29, 0.717) is 18.7 Å². The van der Waals surface area contributed by atoms with E-state index < -0.39 is 5.97 Å². The van der Waals surface area contributed by atoms with Crippen LogP contribution in [0.3, 0.4) is 0 Å². The maximum Gasteiger partial charge on any atom is 0.363 e. The summed E-state index contributed by atoms with van der Waals surface area (Å²) in [6, 6.07) is 9.90. The second-order valence-corrected chi connectivity index (χ2v) is 4.84. The number of halogens is 1. The van der Waals surface area contributed by atoms with Gasteiger partial charge in [-0.1, -0.05) is 12.1 Å². The van der Waals surface area contributed by atoms with Gasteiger partial charge in [0.15, 0.2) is 11.6 Å². The summed E-state index contributed by atoms with van der Waals surface area (Å²) in [6.07, 6.45) is 5.94. The number of aryl methyl sites for hydroxylation is 1. The molecule has 3 rings (SSSR count). The summed E-state index contributed by atoms with van der Waals surface area (Å²) in [7, 11) is 0. The van der Waals surface area contributed by atoms with E-state index in [-0.39, 0.29) is 11.5 Å². The SMILES string of the molecule is O=C1OC(CCc2cccc(F)c2)=N/C1=C/c1ccncc1. The van der Waals surface area contributed by atoms with Crippen LogP contribution in [0.1, 0.15) is 17.5 Å². The number of benzene rings is 1. The summed E-state index contributed by atoms with van der Waals surface area (Å²) < 4.78 is 18.2. The molecule has 1 aromatic heterocycles. The van der Waals surface area contributed by atoms with Crippen molar-refractivity contribution in [1.82, 2.24) is 4.98 Å². The van der Waals surface area contributed by atoms with Gasteiger partial charge in [0.2, 0.25) is 0 Å². The van der Waals surface area contributed by atoms with Crippen molar-refractivity contribution in [2.45, 2.75) is 12.8 Å². The third kappa shape index (κ3) is 3.44. The number of hydrogen-bond donors (Lipinski definition) is 0. The van der Waals surface area contributed by atoms with E-state index in [1.807, 2.05) is 6.07 Å². The van der Waals surface area contributed by atoms with Gasteiger partial charge in [-0.25, -0.2) is 14.2 Å². The van der Waals surface area contributed by atoms with Crippen molar-refractivity contribution in [1.29, 1.82) is 0 Å². The minimum absolute atomic E-state index is 0.264. The molecule has 110 valence electrons. The summed E-state index contributed by atoms with van der Waals surface area (Å²) in [5, 5.41) is 0. The Kier molecular flexibility index (Phi) is 4.05. The van der Waals surface area contributed by atoms with Gasteiger partial charge in [-0.05, 0) is 47.9 Å². The molecule has 4 nitrogen and oxygen atoms in total. The Morgan fingerprint density at radius 3 is 2.73 bits per heavy atom. The molecule has 1 aromatic carbocycles. The Morgan fingerprint density at radius 1 is 1.14 bits per heavy atom. The lowest BCUT2D eigenvalue weighted by Gasteiger charge is -2.00. The number of nitrogens with zero attached hydrogens (tertiary/aromatic N) is 2. The average Bonchev–Trinajstić information content (AvgIpc) is 2.87. The van der Waals surface area contributed by atoms with Crippen LogP contribution in [0.5, 0.6) is 0 Å². The fraction of sp³-hybridized carbons (Fsp3) is 0.118. The number of hydrogen-bond acceptors (Lipinski definition) is 4. The van der Waals surface area contributed by atoms with Gasteiger partial charge >= 0.3 is 5.97 Å². The molecule has 0 spiro atoms. The first-order valence-corrected chi connectivity index (χ1v) is 6.86. The van der Waals surface area contributed by atoms with Gasteiger partial charge in [0.1, 0.15) is 5.82 Å². The topological polar surface area (TPSA) is 51.5 Å². The Morgan fingerprint density at radius 2 is 1.95 bits per heavy atom. The third-order valence-corrected chi connectivity index (χ3v) is 3.19. The van der Waals surface area contributed by atoms with Crippen molar-refractivity contribution in [3.05, 3.63) is 71.4 Å². The zero-order valence-corrected chi connectivity index (χ0v) is 11.7. The molecule has 1 aliphatic heterocycles. The number of esters is 1. The number of aromatic nitrogens is 1. The van der Waals surface area contributed by atoms with Crippen molar-refractivity contribution >= 4 is 17.9 Å². The van der Waals surface area contributed by atoms with Gasteiger partial charge < -0.3 is 4.74 Å². The smallest absolute Gasteiger partial charge is 0.363 e. The van der Waals surface area contributed by atoms with Crippen LogP contribution in [0.2, 0.25) is 0 Å². The predicted octanol–water partition coefficient (Wildman–Crippen LogP) is 3.15. The van der Waals surface area contributed by atoms with Crippen molar-refractivity contribution in [3.8, 4) is 0 Å². The van der Waals surface area contributed by atoms with Crippen LogP contribution in [0.15, 0.2) is 59.5 Å². The van der Waals surface area contributed by atoms with Crippen molar-refractivity contribution in [2.75, 3.05) is 0 Å². The van der Waals surface area contributed by atoms with Gasteiger partial charge in [0, 0.05) is 18.8 Å². The molecule has 0 saturated carbocycles. The molecule has 0 bridgehead atoms. The molecule has 22 heavy (non-hydrogen) atoms. The molecule has 0 amide bonds. The largest absolute Gasteiger partial charge is 0.407 e. The Balaban J connectivity index is 1.69. The molecule has 2 heterocycles. The minimum atomic E-state index is -0.467. The van der Waals surface area contributed by atoms with Crippen LogP contribution in [0.25, 0.3) is 6.08 Å². The van der Waals surface area contributed by atoms with Gasteiger partial charge in [0.25, 0.3) is 0 Å². The molecule has 0 aliphatic carbocycles. The summed E-state index contributed by atoms with van der Waals surface area (Å²) in [5.74, 6) is -0.387. The lowest BCUT2D eigenvalue weighted by atomic mass is 10.1. The van der Waals surface area contributed by atoms with Gasteiger partial charge in [-0.3, -0.25) is 4.98 Å². The first-order chi connectivity index (χ1) is 10.7. The van der Waals surface area contributed by atoms with E-state index in [9.17, 15) is 9.18 Å². The van der Waals surface area contributed by atoms with Crippen LogP contribution in [-0.2, 0) is 16.0 Å². The van der Waals surface area contributed by atoms with Crippen molar-refractivity contribution in [3.63, 3.8) is 0 Å². The van der Waals surface area contributed by atoms with Crippen LogP contribution >= 0.6 is 0 Å². The molecule has 2 aromatic rings. The van der Waals surface area contributed by atoms with Crippen LogP contribution < -0.4 is 0 Å². The molecule has 0 N–H and O–H groups in total. The molecule has 5 heteroatoms. The highest BCUT2D eigenvalue weighted by molar-refractivity contribution is 6.07. The van der Waals surface area contributed by atoms with Gasteiger partial charge in [0.05, 0.1) is 0 Å². The van der Waals surface area contributed by atoms with Crippen molar-refractivity contribution in [2.24, 2.45) is 4.99 Å². The lowest BCUT2D eigenvalue weighted by molar-refractivity contribution is -0.130. The highest BCUT2D eigenvalue weighted by Gasteiger charge is 2.22. The summed E-state index contributed by atoms with van der Waals surface area (Å²) >= 11 is 0. The molecule has 0 fully saturated rings. The molecule has 0 unspecified atom stereocenters. The summed E-state index contributed by atoms with van der Waals surface area (Å²) in [5.41, 5.74) is 1.93. The monoisotopic (exact) mass is 296 g/mol. The molecular formula is C17H13FN2O2. The van der Waals surface area contributed by atoms with Gasteiger partial charge in [-0.2, -0.15) is 0 Å². The standard InChI is InChI=1S/C17H13FN2O2/c18-14-3-1-2-12(10-14)4-5-16-20-15(17(21)22-16)11-13-6-8-19-9-7-13/h1-3,6-11H,4-5H2/b15-11+. The van der Waals surface area contributed by atoms with Crippen LogP contribution in [-0.4, -0.2) is 16.9 Å². The third-order valence-electron chi connectivity index (χ3n) is 3.19. The minimum Gasteiger partial charge on any atom is -0.407 e. The fourth-order valence-corrected chi connectivity index (χ4v) is 2.12. The van der Waals surface area contributed by atoms with E-state index in [1.165, 1.54) is 12.1 Å². The average molecular weight is 296 g/mol. The Labute approximate surface area is 127 Å². The summed E-state index contributed by atoms with van der Waals surface area (Å²) in [6.45, 7) is 0. The number of aliphatic imine (C=N–C) groups is 1. The zero-order valence-electron chi connectivity index (χ0n) is 11.7. The predicted molar refractivity (Wildman–Crippen MR) is 80.5 cm³/mol. The van der Waals surface area contributed by atoms with E-state index >= 15 is 0 Å². The van der Waals surface area contributed by atoms with Gasteiger partial charge in [-0.15, -0.1) is 0 Å². The maximum absolute atomic E-state index is 13.1. The normalized spacial score (nSPS) is 15.8. The number of carbonyl (C=O) groups excluding carboxylic acids is 1. The second-order valence-electron chi connectivity index (χ2n) is 4.84. The molecule has 0 atom stereocenters. The lowest BCUT2D eigenvalue weighted by Crippen LogP contribution is -2.05. The van der Waals surface area contributed by atoms with Crippen LogP contribution in [0, 0.1) is 5.82 Å². The number of rotatable bonds is 4. The van der Waals surface area contributed by atoms with E-state index in [4.69, 9.17) is 4.74 Å². The molecule has 1 aliphatic rings. The maximum atomic E-state index is 13.1. The van der Waals surface area contributed by atoms with Crippen molar-refractivity contribution < 1.29 is 13.9 Å². The first-order valence-electron chi connectivity index (χ1n) is 6.86. The Hall–Kier alpha value is -2.82. The first kappa shape index (κ1) is 14.1. The highest BCUT2D eigenvalue weighted by Crippen LogP contribution is 2.17. The fourth-order valence-electron chi connectivity index (χ4n) is 2.12. The Bertz CT molecular complexity index is 754. The number of pyridine rings is 1. The zero-order chi connectivity index (χ0) is 15.4. The highest BCUT2D eigenvalue weighted by atomic mass is 19.1. The number of ether oxygens (including phenoxy) is 1. The van der Waals surface area contributed by atoms with E-state index in [0.717, 1.165) is 11.1 Å². The number of cyclic esters (lactones) is 1. The van der Waals surface area contributed by atoms with E-state index in [1.54, 1.807) is 36.7 Å². The molecular weight excluding hydrogens is 283 g/mol. The molecule has 0 saturated heterocycles. The summed E-state index contributed by atoms with van der Waals surface area (Å²) in [4.78, 5) is 19.9. The molecule has 0 radical (unpaired) electrons. The second kappa shape index (κ2) is 6.30. The van der Waals surface area contributed by atoms with Crippen LogP contribution in [0.4, 0.5) is 4.39 Å². The van der Waals surface area contributed by atoms with E-state index in [2.05, 4.69) is 9.98 Å². The number of carbonyl (C=O) groups is 1. The quantitative estimate of drug-likeness (QED) is 0.643.